The molecular weight excluding hydrogens is 494 g/mol. The minimum absolute atomic E-state index is 0.0742. The van der Waals surface area contributed by atoms with Crippen LogP contribution in [0.4, 0.5) is 0 Å². The molecule has 3 amide bonds. The van der Waals surface area contributed by atoms with E-state index in [0.29, 0.717) is 23.1 Å². The number of carbonyl (C=O) groups is 4. The van der Waals surface area contributed by atoms with Gasteiger partial charge >= 0.3 is 11.6 Å². The van der Waals surface area contributed by atoms with Crippen molar-refractivity contribution in [3.63, 3.8) is 0 Å². The van der Waals surface area contributed by atoms with Crippen molar-refractivity contribution in [3.8, 4) is 5.75 Å². The second kappa shape index (κ2) is 11.6. The van der Waals surface area contributed by atoms with Crippen molar-refractivity contribution in [1.82, 2.24) is 16.0 Å². The van der Waals surface area contributed by atoms with E-state index in [0.717, 1.165) is 5.56 Å². The van der Waals surface area contributed by atoms with Crippen molar-refractivity contribution in [2.75, 3.05) is 14.2 Å². The number of ether oxygens (including phenoxy) is 2. The number of nitrogens with one attached hydrogen (secondary N) is 3. The third-order valence-corrected chi connectivity index (χ3v) is 6.22. The molecule has 4 rings (SSSR count). The molecular formula is C27H27N3O8. The molecule has 0 unspecified atom stereocenters. The zero-order chi connectivity index (χ0) is 27.2. The van der Waals surface area contributed by atoms with E-state index in [-0.39, 0.29) is 12.0 Å². The molecule has 1 saturated heterocycles. The monoisotopic (exact) mass is 521 g/mol. The Morgan fingerprint density at radius 3 is 2.39 bits per heavy atom. The van der Waals surface area contributed by atoms with E-state index >= 15 is 0 Å². The third kappa shape index (κ3) is 6.17. The number of hydrogen-bond acceptors (Lipinski definition) is 8. The lowest BCUT2D eigenvalue weighted by Crippen LogP contribution is -2.63. The minimum atomic E-state index is -1.16. The first kappa shape index (κ1) is 26.4. The largest absolute Gasteiger partial charge is 0.497 e. The smallest absolute Gasteiger partial charge is 0.336 e. The Morgan fingerprint density at radius 1 is 0.974 bits per heavy atom. The fourth-order valence-corrected chi connectivity index (χ4v) is 4.31. The fraction of sp³-hybridized carbons (Fsp3) is 0.296. The normalized spacial score (nSPS) is 17.7. The van der Waals surface area contributed by atoms with Gasteiger partial charge in [0, 0.05) is 30.4 Å². The molecule has 0 radical (unpaired) electrons. The number of fused-ring (bicyclic) bond motifs is 1. The van der Waals surface area contributed by atoms with Crippen LogP contribution >= 0.6 is 0 Å². The number of carbonyl (C=O) groups excluding carboxylic acids is 4. The highest BCUT2D eigenvalue weighted by molar-refractivity contribution is 5.99. The highest BCUT2D eigenvalue weighted by Crippen LogP contribution is 2.23. The van der Waals surface area contributed by atoms with Gasteiger partial charge in [-0.05, 0) is 23.3 Å². The molecule has 3 aromatic rings. The number of esters is 1. The number of amides is 3. The Hall–Kier alpha value is -4.67. The number of rotatable bonds is 9. The maximum Gasteiger partial charge on any atom is 0.336 e. The minimum Gasteiger partial charge on any atom is -0.497 e. The molecule has 2 aromatic carbocycles. The lowest BCUT2D eigenvalue weighted by molar-refractivity contribution is -0.145. The van der Waals surface area contributed by atoms with Gasteiger partial charge in [0.1, 0.15) is 29.5 Å². The van der Waals surface area contributed by atoms with Crippen molar-refractivity contribution >= 4 is 34.7 Å². The molecule has 2 heterocycles. The molecule has 0 saturated carbocycles. The Morgan fingerprint density at radius 2 is 1.68 bits per heavy atom. The van der Waals surface area contributed by atoms with Gasteiger partial charge in [0.05, 0.1) is 20.6 Å². The van der Waals surface area contributed by atoms with Gasteiger partial charge in [0.25, 0.3) is 0 Å². The first-order valence-electron chi connectivity index (χ1n) is 11.9. The fourth-order valence-electron chi connectivity index (χ4n) is 4.31. The Balaban J connectivity index is 1.44. The molecule has 3 N–H and O–H groups in total. The van der Waals surface area contributed by atoms with Crippen LogP contribution in [0.2, 0.25) is 0 Å². The van der Waals surface area contributed by atoms with Crippen LogP contribution in [0, 0.1) is 0 Å². The van der Waals surface area contributed by atoms with Crippen molar-refractivity contribution in [2.45, 2.75) is 37.4 Å². The molecule has 198 valence electrons. The van der Waals surface area contributed by atoms with E-state index < -0.39 is 53.9 Å². The molecule has 1 aliphatic rings. The van der Waals surface area contributed by atoms with Crippen LogP contribution in [0.1, 0.15) is 17.5 Å². The summed E-state index contributed by atoms with van der Waals surface area (Å²) >= 11 is 0. The van der Waals surface area contributed by atoms with Crippen LogP contribution in [0.5, 0.6) is 5.75 Å². The van der Waals surface area contributed by atoms with Gasteiger partial charge in [-0.1, -0.05) is 30.3 Å². The lowest BCUT2D eigenvalue weighted by Gasteiger charge is -2.29. The zero-order valence-corrected chi connectivity index (χ0v) is 20.8. The average Bonchev–Trinajstić information content (AvgIpc) is 2.90. The molecule has 11 nitrogen and oxygen atoms in total. The lowest BCUT2D eigenvalue weighted by atomic mass is 10.00. The van der Waals surface area contributed by atoms with Crippen molar-refractivity contribution in [2.24, 2.45) is 0 Å². The molecule has 3 atom stereocenters. The van der Waals surface area contributed by atoms with Crippen molar-refractivity contribution in [1.29, 1.82) is 0 Å². The van der Waals surface area contributed by atoms with E-state index in [2.05, 4.69) is 16.0 Å². The van der Waals surface area contributed by atoms with Crippen molar-refractivity contribution < 1.29 is 33.1 Å². The summed E-state index contributed by atoms with van der Waals surface area (Å²) in [6, 6.07) is 12.3. The maximum atomic E-state index is 12.8. The van der Waals surface area contributed by atoms with Gasteiger partial charge < -0.3 is 29.8 Å². The molecule has 1 aromatic heterocycles. The van der Waals surface area contributed by atoms with Gasteiger partial charge in [0.2, 0.25) is 17.7 Å². The maximum absolute atomic E-state index is 12.8. The predicted molar refractivity (Wildman–Crippen MR) is 135 cm³/mol. The number of benzene rings is 2. The highest BCUT2D eigenvalue weighted by atomic mass is 16.5. The molecule has 0 bridgehead atoms. The Labute approximate surface area is 217 Å². The second-order valence-electron chi connectivity index (χ2n) is 8.82. The molecule has 1 aliphatic heterocycles. The summed E-state index contributed by atoms with van der Waals surface area (Å²) < 4.78 is 15.2. The van der Waals surface area contributed by atoms with Gasteiger partial charge in [-0.2, -0.15) is 0 Å². The zero-order valence-electron chi connectivity index (χ0n) is 20.8. The summed E-state index contributed by atoms with van der Waals surface area (Å²) in [4.78, 5) is 62.6. The van der Waals surface area contributed by atoms with Gasteiger partial charge in [-0.25, -0.2) is 9.59 Å². The van der Waals surface area contributed by atoms with Crippen LogP contribution in [-0.2, 0) is 36.8 Å². The summed E-state index contributed by atoms with van der Waals surface area (Å²) in [7, 11) is 2.65. The van der Waals surface area contributed by atoms with E-state index in [1.807, 2.05) is 30.3 Å². The quantitative estimate of drug-likeness (QED) is 0.274. The van der Waals surface area contributed by atoms with Crippen LogP contribution in [0.25, 0.3) is 11.0 Å². The van der Waals surface area contributed by atoms with Crippen LogP contribution in [0.3, 0.4) is 0 Å². The van der Waals surface area contributed by atoms with E-state index in [4.69, 9.17) is 13.9 Å². The third-order valence-electron chi connectivity index (χ3n) is 6.22. The van der Waals surface area contributed by atoms with Crippen LogP contribution < -0.4 is 26.3 Å². The number of methoxy groups -OCH3 is 2. The topological polar surface area (TPSA) is 153 Å². The molecule has 0 spiro atoms. The number of hydrogen-bond donors (Lipinski definition) is 3. The summed E-state index contributed by atoms with van der Waals surface area (Å²) in [5, 5.41) is 8.34. The SMILES string of the molecule is COC(=O)[C@@H](Cc1cc(=O)oc2cc(OC)ccc12)NC(=O)C[C@@H]1NC(=O)[C@H](Cc2ccccc2)NC1=O. The molecule has 0 aliphatic carbocycles. The summed E-state index contributed by atoms with van der Waals surface area (Å²) in [5.74, 6) is -1.83. The average molecular weight is 522 g/mol. The Bertz CT molecular complexity index is 1420. The van der Waals surface area contributed by atoms with E-state index in [1.54, 1.807) is 18.2 Å². The van der Waals surface area contributed by atoms with Crippen molar-refractivity contribution in [3.05, 3.63) is 76.1 Å². The summed E-state index contributed by atoms with van der Waals surface area (Å²) in [6.45, 7) is 0. The molecule has 1 fully saturated rings. The molecule has 11 heteroatoms. The summed E-state index contributed by atoms with van der Waals surface area (Å²) in [6.07, 6.45) is -0.153. The van der Waals surface area contributed by atoms with Gasteiger partial charge in [-0.15, -0.1) is 0 Å². The van der Waals surface area contributed by atoms with Gasteiger partial charge in [-0.3, -0.25) is 14.4 Å². The first-order chi connectivity index (χ1) is 18.3. The van der Waals surface area contributed by atoms with Crippen LogP contribution in [-0.4, -0.2) is 56.0 Å². The second-order valence-corrected chi connectivity index (χ2v) is 8.82. The van der Waals surface area contributed by atoms with E-state index in [1.165, 1.54) is 20.3 Å². The summed E-state index contributed by atoms with van der Waals surface area (Å²) in [5.41, 5.74) is 0.948. The first-order valence-corrected chi connectivity index (χ1v) is 11.9. The van der Waals surface area contributed by atoms with Gasteiger partial charge in [0.15, 0.2) is 0 Å². The standard InChI is InChI=1S/C27H27N3O8/c1-36-17-8-9-18-16(12-24(32)38-22(18)13-17)11-21(27(35)37-2)28-23(31)14-20-26(34)29-19(25(33)30-20)10-15-6-4-3-5-7-15/h3-9,12-13,19-21H,10-11,14H2,1-2H3,(H,28,31)(H,29,34)(H,30,33)/t19-,20-,21+/m0/s1. The van der Waals surface area contributed by atoms with E-state index in [9.17, 15) is 24.0 Å². The number of piperazine rings is 1. The molecule has 38 heavy (non-hydrogen) atoms. The highest BCUT2D eigenvalue weighted by Gasteiger charge is 2.35. The Kier molecular flexibility index (Phi) is 8.05. The van der Waals surface area contributed by atoms with Crippen LogP contribution in [0.15, 0.2) is 63.8 Å². The predicted octanol–water partition coefficient (Wildman–Crippen LogP) is 0.618.